The van der Waals surface area contributed by atoms with E-state index >= 15 is 0 Å². The number of hydrogen-bond donors (Lipinski definition) is 2. The molecule has 0 aromatic heterocycles. The molecular weight excluding hydrogens is 366 g/mol. The average Bonchev–Trinajstić information content (AvgIpc) is 3.03. The van der Waals surface area contributed by atoms with Crippen molar-refractivity contribution in [2.75, 3.05) is 13.7 Å². The Morgan fingerprint density at radius 3 is 2.65 bits per heavy atom. The van der Waals surface area contributed by atoms with Crippen molar-refractivity contribution in [2.45, 2.75) is 37.8 Å². The minimum Gasteiger partial charge on any atom is -0.496 e. The van der Waals surface area contributed by atoms with Gasteiger partial charge in [0.15, 0.2) is 6.04 Å². The molecule has 126 valence electrons. The lowest BCUT2D eigenvalue weighted by Crippen LogP contribution is -2.36. The Bertz CT molecular complexity index is 572. The van der Waals surface area contributed by atoms with E-state index in [1.807, 2.05) is 0 Å². The summed E-state index contributed by atoms with van der Waals surface area (Å²) in [6.07, 6.45) is 4.26. The number of carboxylic acid groups (broad SMARTS) is 1. The first kappa shape index (κ1) is 17.7. The van der Waals surface area contributed by atoms with Gasteiger partial charge in [0, 0.05) is 0 Å². The number of halogens is 1. The molecule has 0 radical (unpaired) electrons. The molecule has 1 fully saturated rings. The van der Waals surface area contributed by atoms with E-state index in [2.05, 4.69) is 21.2 Å². The molecule has 1 atom stereocenters. The van der Waals surface area contributed by atoms with Gasteiger partial charge in [-0.25, -0.2) is 4.79 Å². The number of carbonyl (C=O) groups is 2. The maximum absolute atomic E-state index is 12.0. The van der Waals surface area contributed by atoms with Gasteiger partial charge in [0.05, 0.1) is 17.7 Å². The molecule has 1 aromatic carbocycles. The Labute approximate surface area is 143 Å². The second kappa shape index (κ2) is 8.31. The zero-order valence-electron chi connectivity index (χ0n) is 12.9. The number of nitrogens with one attached hydrogen (secondary N) is 1. The zero-order chi connectivity index (χ0) is 16.8. The number of carboxylic acids is 1. The van der Waals surface area contributed by atoms with Crippen LogP contribution in [-0.4, -0.2) is 36.8 Å². The first-order chi connectivity index (χ1) is 11.0. The van der Waals surface area contributed by atoms with E-state index < -0.39 is 17.9 Å². The summed E-state index contributed by atoms with van der Waals surface area (Å²) in [6, 6.07) is 3.75. The van der Waals surface area contributed by atoms with Gasteiger partial charge < -0.3 is 19.9 Å². The van der Waals surface area contributed by atoms with Gasteiger partial charge in [-0.15, -0.1) is 0 Å². The molecule has 6 nitrogen and oxygen atoms in total. The van der Waals surface area contributed by atoms with Crippen molar-refractivity contribution in [1.29, 1.82) is 0 Å². The van der Waals surface area contributed by atoms with Crippen molar-refractivity contribution in [1.82, 2.24) is 5.32 Å². The highest BCUT2D eigenvalue weighted by molar-refractivity contribution is 9.10. The molecule has 0 spiro atoms. The van der Waals surface area contributed by atoms with E-state index in [9.17, 15) is 14.7 Å². The van der Waals surface area contributed by atoms with Crippen LogP contribution in [-0.2, 0) is 14.3 Å². The minimum absolute atomic E-state index is 0.110. The van der Waals surface area contributed by atoms with Crippen molar-refractivity contribution >= 4 is 27.8 Å². The van der Waals surface area contributed by atoms with Crippen LogP contribution >= 0.6 is 15.9 Å². The number of amides is 1. The molecule has 1 aliphatic rings. The Kier molecular flexibility index (Phi) is 6.41. The topological polar surface area (TPSA) is 84.9 Å². The van der Waals surface area contributed by atoms with Crippen LogP contribution < -0.4 is 10.1 Å². The van der Waals surface area contributed by atoms with Crippen LogP contribution in [0.5, 0.6) is 5.75 Å². The monoisotopic (exact) mass is 385 g/mol. The fourth-order valence-electron chi connectivity index (χ4n) is 2.60. The maximum Gasteiger partial charge on any atom is 0.330 e. The third-order valence-electron chi connectivity index (χ3n) is 3.81. The van der Waals surface area contributed by atoms with E-state index in [0.29, 0.717) is 15.8 Å². The molecule has 0 aliphatic heterocycles. The fraction of sp³-hybridized carbons (Fsp3) is 0.500. The van der Waals surface area contributed by atoms with Gasteiger partial charge in [0.25, 0.3) is 0 Å². The highest BCUT2D eigenvalue weighted by atomic mass is 79.9. The van der Waals surface area contributed by atoms with Gasteiger partial charge >= 0.3 is 5.97 Å². The predicted octanol–water partition coefficient (Wildman–Crippen LogP) is 2.66. The molecule has 1 amide bonds. The summed E-state index contributed by atoms with van der Waals surface area (Å²) < 4.78 is 11.2. The molecule has 1 aromatic rings. The lowest BCUT2D eigenvalue weighted by molar-refractivity contribution is -0.143. The highest BCUT2D eigenvalue weighted by Gasteiger charge is 2.24. The van der Waals surface area contributed by atoms with Crippen LogP contribution in [0.1, 0.15) is 37.3 Å². The van der Waals surface area contributed by atoms with E-state index in [0.717, 1.165) is 25.7 Å². The lowest BCUT2D eigenvalue weighted by atomic mass is 10.1. The number of hydrogen-bond acceptors (Lipinski definition) is 4. The third kappa shape index (κ3) is 4.94. The Hall–Kier alpha value is -1.60. The van der Waals surface area contributed by atoms with E-state index in [1.54, 1.807) is 18.2 Å². The van der Waals surface area contributed by atoms with Gasteiger partial charge in [-0.05, 0) is 46.5 Å². The molecule has 1 unspecified atom stereocenters. The Morgan fingerprint density at radius 1 is 1.39 bits per heavy atom. The molecule has 0 heterocycles. The fourth-order valence-corrected chi connectivity index (χ4v) is 3.16. The number of ether oxygens (including phenoxy) is 2. The molecule has 1 saturated carbocycles. The molecule has 2 N–H and O–H groups in total. The van der Waals surface area contributed by atoms with Crippen molar-refractivity contribution in [3.63, 3.8) is 0 Å². The van der Waals surface area contributed by atoms with Gasteiger partial charge in [0.2, 0.25) is 5.91 Å². The average molecular weight is 386 g/mol. The minimum atomic E-state index is -1.13. The summed E-state index contributed by atoms with van der Waals surface area (Å²) in [5.41, 5.74) is 0.458. The van der Waals surface area contributed by atoms with Crippen LogP contribution in [0, 0.1) is 0 Å². The molecule has 7 heteroatoms. The van der Waals surface area contributed by atoms with Crippen LogP contribution in [0.25, 0.3) is 0 Å². The van der Waals surface area contributed by atoms with Gasteiger partial charge in [-0.1, -0.05) is 18.9 Å². The number of rotatable bonds is 7. The third-order valence-corrected chi connectivity index (χ3v) is 4.43. The molecular formula is C16H20BrNO5. The molecule has 0 bridgehead atoms. The summed E-state index contributed by atoms with van der Waals surface area (Å²) >= 11 is 3.31. The van der Waals surface area contributed by atoms with Crippen molar-refractivity contribution in [3.05, 3.63) is 28.2 Å². The first-order valence-electron chi connectivity index (χ1n) is 7.48. The van der Waals surface area contributed by atoms with Crippen LogP contribution in [0.15, 0.2) is 22.7 Å². The quantitative estimate of drug-likeness (QED) is 0.753. The number of aliphatic carboxylic acids is 1. The number of benzene rings is 1. The number of carbonyl (C=O) groups excluding carboxylic acids is 1. The van der Waals surface area contributed by atoms with Crippen LogP contribution in [0.3, 0.4) is 0 Å². The smallest absolute Gasteiger partial charge is 0.330 e. The van der Waals surface area contributed by atoms with Gasteiger partial charge in [0.1, 0.15) is 12.4 Å². The van der Waals surface area contributed by atoms with Crippen LogP contribution in [0.4, 0.5) is 0 Å². The standard InChI is InChI=1S/C16H20BrNO5/c1-22-13-7-6-10(8-12(13)17)15(16(20)21)18-14(19)9-23-11-4-2-3-5-11/h6-8,11,15H,2-5,9H2,1H3,(H,18,19)(H,20,21). The van der Waals surface area contributed by atoms with Crippen LogP contribution in [0.2, 0.25) is 0 Å². The van der Waals surface area contributed by atoms with E-state index in [1.165, 1.54) is 7.11 Å². The van der Waals surface area contributed by atoms with E-state index in [-0.39, 0.29) is 12.7 Å². The lowest BCUT2D eigenvalue weighted by Gasteiger charge is -2.17. The second-order valence-corrected chi connectivity index (χ2v) is 6.30. The molecule has 1 aliphatic carbocycles. The SMILES string of the molecule is COc1ccc(C(NC(=O)COC2CCCC2)C(=O)O)cc1Br. The summed E-state index contributed by atoms with van der Waals surface area (Å²) in [5.74, 6) is -0.971. The van der Waals surface area contributed by atoms with Crippen molar-refractivity contribution in [2.24, 2.45) is 0 Å². The highest BCUT2D eigenvalue weighted by Crippen LogP contribution is 2.28. The number of methoxy groups -OCH3 is 1. The predicted molar refractivity (Wildman–Crippen MR) is 87.4 cm³/mol. The first-order valence-corrected chi connectivity index (χ1v) is 8.27. The van der Waals surface area contributed by atoms with Gasteiger partial charge in [-0.3, -0.25) is 4.79 Å². The maximum atomic E-state index is 12.0. The molecule has 2 rings (SSSR count). The molecule has 23 heavy (non-hydrogen) atoms. The largest absolute Gasteiger partial charge is 0.496 e. The second-order valence-electron chi connectivity index (χ2n) is 5.45. The summed E-state index contributed by atoms with van der Waals surface area (Å²) in [7, 11) is 1.52. The van der Waals surface area contributed by atoms with Crippen molar-refractivity contribution < 1.29 is 24.2 Å². The van der Waals surface area contributed by atoms with Crippen molar-refractivity contribution in [3.8, 4) is 5.75 Å². The summed E-state index contributed by atoms with van der Waals surface area (Å²) in [5, 5.41) is 11.9. The summed E-state index contributed by atoms with van der Waals surface area (Å²) in [6.45, 7) is -0.119. The summed E-state index contributed by atoms with van der Waals surface area (Å²) in [4.78, 5) is 23.4. The Balaban J connectivity index is 1.99. The zero-order valence-corrected chi connectivity index (χ0v) is 14.5. The normalized spacial score (nSPS) is 16.1. The van der Waals surface area contributed by atoms with Gasteiger partial charge in [-0.2, -0.15) is 0 Å². The Morgan fingerprint density at radius 2 is 2.09 bits per heavy atom. The molecule has 0 saturated heterocycles. The van der Waals surface area contributed by atoms with E-state index in [4.69, 9.17) is 9.47 Å².